The molecule has 0 spiro atoms. The Labute approximate surface area is 208 Å². The molecular formula is C26H27N5O5. The molecule has 36 heavy (non-hydrogen) atoms. The Kier molecular flexibility index (Phi) is 9.51. The van der Waals surface area contributed by atoms with Crippen LogP contribution in [0.25, 0.3) is 0 Å². The molecule has 1 heterocycles. The number of aliphatic imine (C=N–C) groups is 1. The number of nitrogens with one attached hydrogen (secondary N) is 2. The van der Waals surface area contributed by atoms with Gasteiger partial charge in [-0.05, 0) is 49.2 Å². The highest BCUT2D eigenvalue weighted by atomic mass is 16.5. The molecule has 0 bridgehead atoms. The summed E-state index contributed by atoms with van der Waals surface area (Å²) in [6.45, 7) is 2.12. The Morgan fingerprint density at radius 2 is 1.78 bits per heavy atom. The third-order valence-electron chi connectivity index (χ3n) is 4.93. The van der Waals surface area contributed by atoms with Crippen LogP contribution in [0, 0.1) is 6.92 Å². The topological polar surface area (TPSA) is 133 Å². The van der Waals surface area contributed by atoms with Crippen LogP contribution >= 0.6 is 0 Å². The number of aliphatic carboxylic acids is 1. The summed E-state index contributed by atoms with van der Waals surface area (Å²) >= 11 is 0. The van der Waals surface area contributed by atoms with Crippen molar-refractivity contribution in [2.45, 2.75) is 26.3 Å². The zero-order chi connectivity index (χ0) is 25.8. The van der Waals surface area contributed by atoms with E-state index in [0.29, 0.717) is 17.3 Å². The number of urea groups is 2. The molecule has 0 aliphatic carbocycles. The molecule has 0 saturated heterocycles. The molecular weight excluding hydrogens is 462 g/mol. The lowest BCUT2D eigenvalue weighted by Crippen LogP contribution is -2.48. The number of imide groups is 1. The van der Waals surface area contributed by atoms with Gasteiger partial charge in [0.15, 0.2) is 0 Å². The Morgan fingerprint density at radius 3 is 2.44 bits per heavy atom. The summed E-state index contributed by atoms with van der Waals surface area (Å²) in [6.07, 6.45) is 2.75. The number of hydrogen-bond acceptors (Lipinski definition) is 6. The molecule has 0 atom stereocenters. The molecule has 0 radical (unpaired) electrons. The van der Waals surface area contributed by atoms with Gasteiger partial charge in [0, 0.05) is 31.8 Å². The van der Waals surface area contributed by atoms with Gasteiger partial charge in [-0.1, -0.05) is 35.9 Å². The van der Waals surface area contributed by atoms with E-state index in [1.165, 1.54) is 6.34 Å². The second kappa shape index (κ2) is 13.2. The minimum Gasteiger partial charge on any atom is -0.481 e. The third kappa shape index (κ3) is 8.56. The standard InChI is InChI=1S/C26H27N5O5/c1-19-7-9-20(10-8-19)17-28-25(34)31(16-4-6-24(32)33)26(35)30-18-29-21-11-13-22(14-12-21)36-23-5-2-3-15-27-23/h2-3,5,7-15,18H,4,6,16-17H2,1H3,(H,28,34)(H,32,33)(H,29,30,35). The van der Waals surface area contributed by atoms with Crippen LogP contribution in [0.3, 0.4) is 0 Å². The van der Waals surface area contributed by atoms with Crippen molar-refractivity contribution in [1.29, 1.82) is 0 Å². The molecule has 10 heteroatoms. The highest BCUT2D eigenvalue weighted by Gasteiger charge is 2.20. The number of carbonyl (C=O) groups excluding carboxylic acids is 2. The largest absolute Gasteiger partial charge is 0.481 e. The van der Waals surface area contributed by atoms with Crippen molar-refractivity contribution in [3.63, 3.8) is 0 Å². The summed E-state index contributed by atoms with van der Waals surface area (Å²) in [6, 6.07) is 18.4. The van der Waals surface area contributed by atoms with Gasteiger partial charge in [0.25, 0.3) is 0 Å². The van der Waals surface area contributed by atoms with E-state index in [4.69, 9.17) is 9.84 Å². The van der Waals surface area contributed by atoms with E-state index in [9.17, 15) is 14.4 Å². The maximum absolute atomic E-state index is 12.7. The Balaban J connectivity index is 1.56. The predicted octanol–water partition coefficient (Wildman–Crippen LogP) is 4.63. The van der Waals surface area contributed by atoms with Gasteiger partial charge < -0.3 is 15.2 Å². The molecule has 0 saturated carbocycles. The lowest BCUT2D eigenvalue weighted by Gasteiger charge is -2.20. The molecule has 4 amide bonds. The van der Waals surface area contributed by atoms with E-state index < -0.39 is 18.0 Å². The second-order valence-corrected chi connectivity index (χ2v) is 7.76. The van der Waals surface area contributed by atoms with E-state index in [1.54, 1.807) is 42.6 Å². The van der Waals surface area contributed by atoms with Crippen molar-refractivity contribution in [2.75, 3.05) is 6.54 Å². The van der Waals surface area contributed by atoms with Crippen LogP contribution in [0.5, 0.6) is 11.6 Å². The van der Waals surface area contributed by atoms with Crippen molar-refractivity contribution in [2.24, 2.45) is 4.99 Å². The molecule has 10 nitrogen and oxygen atoms in total. The first-order valence-electron chi connectivity index (χ1n) is 11.3. The van der Waals surface area contributed by atoms with E-state index >= 15 is 0 Å². The number of benzene rings is 2. The molecule has 186 valence electrons. The summed E-state index contributed by atoms with van der Waals surface area (Å²) < 4.78 is 5.62. The lowest BCUT2D eigenvalue weighted by molar-refractivity contribution is -0.137. The van der Waals surface area contributed by atoms with Gasteiger partial charge in [-0.2, -0.15) is 0 Å². The summed E-state index contributed by atoms with van der Waals surface area (Å²) in [5.74, 6) is 0.0312. The van der Waals surface area contributed by atoms with Gasteiger partial charge >= 0.3 is 18.0 Å². The number of pyridine rings is 1. The average molecular weight is 490 g/mol. The van der Waals surface area contributed by atoms with Crippen LogP contribution in [0.4, 0.5) is 15.3 Å². The lowest BCUT2D eigenvalue weighted by atomic mass is 10.1. The van der Waals surface area contributed by atoms with Crippen LogP contribution < -0.4 is 15.4 Å². The van der Waals surface area contributed by atoms with Crippen molar-refractivity contribution in [1.82, 2.24) is 20.5 Å². The summed E-state index contributed by atoms with van der Waals surface area (Å²) in [7, 11) is 0. The number of carboxylic acid groups (broad SMARTS) is 1. The predicted molar refractivity (Wildman–Crippen MR) is 134 cm³/mol. The monoisotopic (exact) mass is 489 g/mol. The number of nitrogens with zero attached hydrogens (tertiary/aromatic N) is 3. The van der Waals surface area contributed by atoms with Crippen LogP contribution in [0.2, 0.25) is 0 Å². The van der Waals surface area contributed by atoms with Gasteiger partial charge in [-0.25, -0.2) is 24.5 Å². The molecule has 3 N–H and O–H groups in total. The number of aryl methyl sites for hydroxylation is 1. The van der Waals surface area contributed by atoms with E-state index in [1.807, 2.05) is 37.3 Å². The quantitative estimate of drug-likeness (QED) is 0.281. The number of carbonyl (C=O) groups is 3. The minimum absolute atomic E-state index is 0.0642. The molecule has 0 fully saturated rings. The summed E-state index contributed by atoms with van der Waals surface area (Å²) in [5, 5.41) is 14.0. The van der Waals surface area contributed by atoms with Crippen molar-refractivity contribution >= 4 is 30.1 Å². The zero-order valence-electron chi connectivity index (χ0n) is 19.8. The molecule has 0 unspecified atom stereocenters. The molecule has 2 aromatic carbocycles. The highest BCUT2D eigenvalue weighted by Crippen LogP contribution is 2.22. The van der Waals surface area contributed by atoms with Crippen molar-refractivity contribution in [3.05, 3.63) is 84.1 Å². The van der Waals surface area contributed by atoms with Crippen LogP contribution in [-0.4, -0.2) is 45.9 Å². The number of rotatable bonds is 10. The Hall–Kier alpha value is -4.73. The molecule has 0 aliphatic heterocycles. The van der Waals surface area contributed by atoms with E-state index in [0.717, 1.165) is 16.0 Å². The fourth-order valence-corrected chi connectivity index (χ4v) is 3.03. The third-order valence-corrected chi connectivity index (χ3v) is 4.93. The SMILES string of the molecule is Cc1ccc(CNC(=O)N(CCCC(=O)O)C(=O)NC=Nc2ccc(Oc3ccccn3)cc2)cc1. The van der Waals surface area contributed by atoms with Gasteiger partial charge in [0.1, 0.15) is 5.75 Å². The first-order valence-corrected chi connectivity index (χ1v) is 11.3. The first kappa shape index (κ1) is 25.9. The smallest absolute Gasteiger partial charge is 0.330 e. The highest BCUT2D eigenvalue weighted by molar-refractivity contribution is 5.98. The van der Waals surface area contributed by atoms with E-state index in [-0.39, 0.29) is 25.9 Å². The number of hydrogen-bond donors (Lipinski definition) is 3. The zero-order valence-corrected chi connectivity index (χ0v) is 19.8. The number of ether oxygens (including phenoxy) is 1. The van der Waals surface area contributed by atoms with Gasteiger partial charge in [-0.15, -0.1) is 0 Å². The van der Waals surface area contributed by atoms with E-state index in [2.05, 4.69) is 20.6 Å². The van der Waals surface area contributed by atoms with Crippen LogP contribution in [0.15, 0.2) is 77.9 Å². The Bertz CT molecular complexity index is 1180. The average Bonchev–Trinajstić information content (AvgIpc) is 2.87. The fourth-order valence-electron chi connectivity index (χ4n) is 3.03. The van der Waals surface area contributed by atoms with Crippen molar-refractivity contribution in [3.8, 4) is 11.6 Å². The normalized spacial score (nSPS) is 10.6. The Morgan fingerprint density at radius 1 is 1.03 bits per heavy atom. The molecule has 0 aliphatic rings. The minimum atomic E-state index is -1.01. The number of amides is 4. The number of carboxylic acids is 1. The van der Waals surface area contributed by atoms with Crippen molar-refractivity contribution < 1.29 is 24.2 Å². The van der Waals surface area contributed by atoms with Crippen LogP contribution in [-0.2, 0) is 11.3 Å². The second-order valence-electron chi connectivity index (χ2n) is 7.76. The molecule has 3 aromatic rings. The van der Waals surface area contributed by atoms with Gasteiger partial charge in [-0.3, -0.25) is 10.1 Å². The first-order chi connectivity index (χ1) is 17.4. The van der Waals surface area contributed by atoms with Gasteiger partial charge in [0.2, 0.25) is 5.88 Å². The fraction of sp³-hybridized carbons (Fsp3) is 0.192. The number of aromatic nitrogens is 1. The van der Waals surface area contributed by atoms with Crippen LogP contribution in [0.1, 0.15) is 24.0 Å². The van der Waals surface area contributed by atoms with Gasteiger partial charge in [0.05, 0.1) is 12.0 Å². The molecule has 3 rings (SSSR count). The summed E-state index contributed by atoms with van der Waals surface area (Å²) in [4.78, 5) is 45.4. The maximum Gasteiger partial charge on any atom is 0.330 e. The maximum atomic E-state index is 12.7. The summed E-state index contributed by atoms with van der Waals surface area (Å²) in [5.41, 5.74) is 2.51. The molecule has 1 aromatic heterocycles.